The molecule has 0 aromatic heterocycles. The number of aliphatic carboxylic acids is 1. The van der Waals surface area contributed by atoms with Crippen molar-refractivity contribution in [3.8, 4) is 11.1 Å². The van der Waals surface area contributed by atoms with E-state index < -0.39 is 12.0 Å². The fraction of sp³-hybridized carbons (Fsp3) is 0.625. The lowest BCUT2D eigenvalue weighted by Crippen LogP contribution is -2.58. The van der Waals surface area contributed by atoms with Crippen LogP contribution in [-0.2, 0) is 19.2 Å². The number of carboxylic acids is 1. The number of carbonyl (C=O) groups is 3. The average Bonchev–Trinajstić information content (AvgIpc) is 3.57. The smallest absolute Gasteiger partial charge is 0.303 e. The topological polar surface area (TPSA) is 105 Å². The second-order valence-electron chi connectivity index (χ2n) is 16.2. The van der Waals surface area contributed by atoms with Gasteiger partial charge in [0, 0.05) is 18.8 Å². The van der Waals surface area contributed by atoms with Crippen LogP contribution in [0.4, 0.5) is 0 Å². The van der Waals surface area contributed by atoms with Gasteiger partial charge in [-0.3, -0.25) is 14.4 Å². The van der Waals surface area contributed by atoms with Gasteiger partial charge in [-0.25, -0.2) is 0 Å². The van der Waals surface area contributed by atoms with Crippen LogP contribution in [0.1, 0.15) is 102 Å². The Balaban J connectivity index is 0.921. The standard InChI is InChI=1S/C40H52N2O5/c1-24(12-17-38(45)46)32-15-16-33-30-14-13-25-20-35(36(43)21-40(25,3)34(30)18-19-39(32,33)2)42-37(44)22-41-47-23-31-28-10-6-4-8-26(28)27-9-5-7-11-29(27)31/h4-11,24-25,30-35,41H,12-23H2,1-3H3,(H,42,44)(H,45,46)/t24-,25-,30+,32-,33+,34+,35-,39-,40+/m1/s1. The summed E-state index contributed by atoms with van der Waals surface area (Å²) in [7, 11) is 0. The zero-order valence-corrected chi connectivity index (χ0v) is 28.3. The van der Waals surface area contributed by atoms with Gasteiger partial charge in [0.05, 0.1) is 19.2 Å². The highest BCUT2D eigenvalue weighted by Crippen LogP contribution is 2.68. The van der Waals surface area contributed by atoms with Gasteiger partial charge in [-0.05, 0) is 120 Å². The number of carbonyl (C=O) groups excluding carboxylic acids is 2. The number of benzene rings is 2. The summed E-state index contributed by atoms with van der Waals surface area (Å²) in [5.74, 6) is 2.72. The Hall–Kier alpha value is -3.03. The van der Waals surface area contributed by atoms with E-state index in [-0.39, 0.29) is 41.4 Å². The molecular weight excluding hydrogens is 588 g/mol. The van der Waals surface area contributed by atoms with Gasteiger partial charge >= 0.3 is 5.97 Å². The molecular formula is C40H52N2O5. The molecule has 4 fully saturated rings. The lowest BCUT2D eigenvalue weighted by molar-refractivity contribution is -0.148. The first-order chi connectivity index (χ1) is 22.6. The van der Waals surface area contributed by atoms with Crippen LogP contribution in [-0.4, -0.2) is 42.0 Å². The molecule has 2 aromatic carbocycles. The molecule has 5 aliphatic carbocycles. The molecule has 252 valence electrons. The maximum absolute atomic E-state index is 13.6. The number of fused-ring (bicyclic) bond motifs is 8. The SMILES string of the molecule is C[C@H](CCC(=O)O)[C@H]1CC[C@H]2[C@@H]3CC[C@@H]4C[C@@H](NC(=O)CNOCC5c6ccccc6-c6ccccc65)C(=O)C[C@]4(C)[C@H]3CC[C@]12C. The minimum Gasteiger partial charge on any atom is -0.481 e. The lowest BCUT2D eigenvalue weighted by atomic mass is 9.44. The molecule has 0 bridgehead atoms. The van der Waals surface area contributed by atoms with Gasteiger partial charge in [0.2, 0.25) is 5.91 Å². The van der Waals surface area contributed by atoms with Gasteiger partial charge < -0.3 is 15.3 Å². The van der Waals surface area contributed by atoms with E-state index in [1.165, 1.54) is 47.9 Å². The van der Waals surface area contributed by atoms with Gasteiger partial charge in [-0.2, -0.15) is 5.48 Å². The van der Waals surface area contributed by atoms with Crippen molar-refractivity contribution in [2.24, 2.45) is 46.3 Å². The zero-order chi connectivity index (χ0) is 32.9. The van der Waals surface area contributed by atoms with Gasteiger partial charge in [-0.15, -0.1) is 0 Å². The molecule has 4 saturated carbocycles. The summed E-state index contributed by atoms with van der Waals surface area (Å²) in [5, 5.41) is 12.3. The second kappa shape index (κ2) is 12.8. The first kappa shape index (κ1) is 32.5. The minimum absolute atomic E-state index is 0.00913. The van der Waals surface area contributed by atoms with Crippen LogP contribution < -0.4 is 10.8 Å². The number of hydroxylamine groups is 1. The van der Waals surface area contributed by atoms with E-state index in [9.17, 15) is 19.5 Å². The molecule has 0 heterocycles. The first-order valence-electron chi connectivity index (χ1n) is 18.2. The average molecular weight is 641 g/mol. The third kappa shape index (κ3) is 5.75. The van der Waals surface area contributed by atoms with Crippen LogP contribution in [0.5, 0.6) is 0 Å². The van der Waals surface area contributed by atoms with Crippen molar-refractivity contribution in [3.05, 3.63) is 59.7 Å². The van der Waals surface area contributed by atoms with Crippen LogP contribution >= 0.6 is 0 Å². The van der Waals surface area contributed by atoms with Crippen LogP contribution in [0, 0.1) is 46.3 Å². The number of hydrogen-bond acceptors (Lipinski definition) is 5. The summed E-state index contributed by atoms with van der Waals surface area (Å²) in [6.07, 6.45) is 9.43. The highest BCUT2D eigenvalue weighted by molar-refractivity contribution is 5.90. The molecule has 5 aliphatic rings. The van der Waals surface area contributed by atoms with E-state index in [0.717, 1.165) is 25.7 Å². The Kier molecular flexibility index (Phi) is 8.84. The molecule has 2 aromatic rings. The number of ketones is 1. The molecule has 0 saturated heterocycles. The summed E-state index contributed by atoms with van der Waals surface area (Å²) in [6.45, 7) is 7.59. The number of rotatable bonds is 10. The molecule has 7 heteroatoms. The molecule has 7 nitrogen and oxygen atoms in total. The number of amides is 1. The monoisotopic (exact) mass is 640 g/mol. The van der Waals surface area contributed by atoms with Crippen LogP contribution in [0.15, 0.2) is 48.5 Å². The van der Waals surface area contributed by atoms with Crippen molar-refractivity contribution in [2.45, 2.75) is 96.9 Å². The van der Waals surface area contributed by atoms with E-state index in [4.69, 9.17) is 4.84 Å². The first-order valence-corrected chi connectivity index (χ1v) is 18.2. The lowest BCUT2D eigenvalue weighted by Gasteiger charge is -2.61. The van der Waals surface area contributed by atoms with Crippen molar-refractivity contribution in [1.29, 1.82) is 0 Å². The second-order valence-corrected chi connectivity index (χ2v) is 16.2. The summed E-state index contributed by atoms with van der Waals surface area (Å²) in [6, 6.07) is 16.4. The molecule has 0 spiro atoms. The molecule has 0 unspecified atom stereocenters. The van der Waals surface area contributed by atoms with Crippen molar-refractivity contribution in [1.82, 2.24) is 10.8 Å². The number of Topliss-reactive ketones (excluding diaryl/α,β-unsaturated/α-hetero) is 1. The van der Waals surface area contributed by atoms with Crippen molar-refractivity contribution in [3.63, 3.8) is 0 Å². The Labute approximate surface area is 279 Å². The van der Waals surface area contributed by atoms with E-state index in [0.29, 0.717) is 48.5 Å². The number of nitrogens with one attached hydrogen (secondary N) is 2. The van der Waals surface area contributed by atoms with Crippen molar-refractivity contribution < 1.29 is 24.3 Å². The summed E-state index contributed by atoms with van der Waals surface area (Å²) >= 11 is 0. The van der Waals surface area contributed by atoms with Crippen LogP contribution in [0.25, 0.3) is 11.1 Å². The third-order valence-electron chi connectivity index (χ3n) is 14.0. The zero-order valence-electron chi connectivity index (χ0n) is 28.3. The predicted molar refractivity (Wildman–Crippen MR) is 181 cm³/mol. The number of hydrogen-bond donors (Lipinski definition) is 3. The van der Waals surface area contributed by atoms with E-state index in [1.807, 2.05) is 0 Å². The van der Waals surface area contributed by atoms with Crippen molar-refractivity contribution in [2.75, 3.05) is 13.2 Å². The molecule has 9 atom stereocenters. The van der Waals surface area contributed by atoms with Gasteiger partial charge in [0.1, 0.15) is 0 Å². The van der Waals surface area contributed by atoms with E-state index >= 15 is 0 Å². The number of carboxylic acid groups (broad SMARTS) is 1. The minimum atomic E-state index is -0.690. The molecule has 3 N–H and O–H groups in total. The maximum atomic E-state index is 13.6. The summed E-state index contributed by atoms with van der Waals surface area (Å²) in [5.41, 5.74) is 8.10. The van der Waals surface area contributed by atoms with E-state index in [1.54, 1.807) is 0 Å². The van der Waals surface area contributed by atoms with Gasteiger partial charge in [-0.1, -0.05) is 69.3 Å². The fourth-order valence-electron chi connectivity index (χ4n) is 11.7. The van der Waals surface area contributed by atoms with E-state index in [2.05, 4.69) is 80.1 Å². The largest absolute Gasteiger partial charge is 0.481 e. The van der Waals surface area contributed by atoms with Crippen LogP contribution in [0.2, 0.25) is 0 Å². The Morgan fingerprint density at radius 1 is 0.936 bits per heavy atom. The quantitative estimate of drug-likeness (QED) is 0.188. The highest BCUT2D eigenvalue weighted by atomic mass is 16.6. The molecule has 7 rings (SSSR count). The summed E-state index contributed by atoms with van der Waals surface area (Å²) < 4.78 is 0. The molecule has 1 amide bonds. The van der Waals surface area contributed by atoms with Gasteiger partial charge in [0.15, 0.2) is 5.78 Å². The Bertz CT molecular complexity index is 1480. The maximum Gasteiger partial charge on any atom is 0.303 e. The van der Waals surface area contributed by atoms with Crippen LogP contribution in [0.3, 0.4) is 0 Å². The Morgan fingerprint density at radius 2 is 1.62 bits per heavy atom. The molecule has 0 radical (unpaired) electrons. The third-order valence-corrected chi connectivity index (χ3v) is 14.0. The molecule has 0 aliphatic heterocycles. The predicted octanol–water partition coefficient (Wildman–Crippen LogP) is 7.14. The molecule has 47 heavy (non-hydrogen) atoms. The fourth-order valence-corrected chi connectivity index (χ4v) is 11.7. The van der Waals surface area contributed by atoms with Crippen molar-refractivity contribution >= 4 is 17.7 Å². The summed E-state index contributed by atoms with van der Waals surface area (Å²) in [4.78, 5) is 43.8. The Morgan fingerprint density at radius 3 is 2.32 bits per heavy atom. The normalized spacial score (nSPS) is 34.8. The van der Waals surface area contributed by atoms with Gasteiger partial charge in [0.25, 0.3) is 0 Å². The highest BCUT2D eigenvalue weighted by Gasteiger charge is 2.61.